The molecule has 8 heteroatoms. The molecule has 0 aliphatic carbocycles. The molecule has 158 valence electrons. The van der Waals surface area contributed by atoms with Crippen LogP contribution in [-0.4, -0.2) is 22.4 Å². The van der Waals surface area contributed by atoms with E-state index in [1.165, 1.54) is 0 Å². The number of nitrogens with one attached hydrogen (secondary N) is 1. The normalized spacial score (nSPS) is 13.8. The number of pyridine rings is 1. The van der Waals surface area contributed by atoms with Gasteiger partial charge in [-0.05, 0) is 59.2 Å². The molecule has 3 nitrogen and oxygen atoms in total. The van der Waals surface area contributed by atoms with Crippen molar-refractivity contribution in [3.8, 4) is 0 Å². The van der Waals surface area contributed by atoms with E-state index in [1.54, 1.807) is 12.3 Å². The quantitative estimate of drug-likeness (QED) is 0.268. The summed E-state index contributed by atoms with van der Waals surface area (Å²) in [5, 5.41) is 2.56. The lowest BCUT2D eigenvalue weighted by molar-refractivity contribution is -0.136. The van der Waals surface area contributed by atoms with Crippen molar-refractivity contribution < 1.29 is 18.0 Å². The Morgan fingerprint density at radius 2 is 1.83 bits per heavy atom. The summed E-state index contributed by atoms with van der Waals surface area (Å²) in [5.41, 5.74) is 2.02. The molecule has 2 unspecified atom stereocenters. The number of rotatable bonds is 7. The maximum absolute atomic E-state index is 13.1. The maximum Gasteiger partial charge on any atom is 0.390 e. The Morgan fingerprint density at radius 3 is 2.53 bits per heavy atom. The number of anilines is 1. The Balaban J connectivity index is 1.83. The van der Waals surface area contributed by atoms with Crippen LogP contribution in [0, 0.1) is 9.49 Å². The monoisotopic (exact) mass is 546 g/mol. The lowest BCUT2D eigenvalue weighted by Crippen LogP contribution is -2.29. The van der Waals surface area contributed by atoms with E-state index in [0.29, 0.717) is 17.6 Å². The number of aromatic nitrogens is 1. The molecule has 0 saturated heterocycles. The highest BCUT2D eigenvalue weighted by Crippen LogP contribution is 2.30. The molecule has 1 aromatic heterocycles. The van der Waals surface area contributed by atoms with Crippen LogP contribution in [-0.2, 0) is 11.2 Å². The van der Waals surface area contributed by atoms with Crippen LogP contribution in [0.2, 0.25) is 0 Å². The van der Waals surface area contributed by atoms with Crippen molar-refractivity contribution in [2.75, 3.05) is 5.32 Å². The molecule has 0 bridgehead atoms. The first kappa shape index (κ1) is 22.8. The molecule has 30 heavy (non-hydrogen) atoms. The molecular formula is C22H19ClF3IN2O. The number of carbonyl (C=O) groups excluding carboxylic acids is 1. The van der Waals surface area contributed by atoms with E-state index in [1.807, 2.05) is 48.5 Å². The summed E-state index contributed by atoms with van der Waals surface area (Å²) >= 11 is 8.16. The molecule has 0 saturated carbocycles. The minimum atomic E-state index is -4.38. The molecule has 2 atom stereocenters. The molecule has 0 fully saturated rings. The molecular weight excluding hydrogens is 528 g/mol. The van der Waals surface area contributed by atoms with E-state index in [-0.39, 0.29) is 12.3 Å². The number of carbonyl (C=O) groups is 1. The van der Waals surface area contributed by atoms with Crippen LogP contribution < -0.4 is 5.32 Å². The fourth-order valence-electron chi connectivity index (χ4n) is 3.30. The fraction of sp³-hybridized carbons (Fsp3) is 0.273. The zero-order valence-electron chi connectivity index (χ0n) is 15.8. The summed E-state index contributed by atoms with van der Waals surface area (Å²) in [6.45, 7) is 0. The summed E-state index contributed by atoms with van der Waals surface area (Å²) in [5.74, 6) is -1.09. The molecule has 1 heterocycles. The minimum absolute atomic E-state index is 0.0858. The lowest BCUT2D eigenvalue weighted by atomic mass is 9.92. The van der Waals surface area contributed by atoms with Gasteiger partial charge in [-0.2, -0.15) is 13.2 Å². The van der Waals surface area contributed by atoms with Gasteiger partial charge in [0.05, 0.1) is 17.6 Å². The number of hydrogen-bond donors (Lipinski definition) is 1. The second kappa shape index (κ2) is 9.96. The van der Waals surface area contributed by atoms with E-state index < -0.39 is 23.9 Å². The Morgan fingerprint density at radius 1 is 1.10 bits per heavy atom. The number of alkyl halides is 4. The van der Waals surface area contributed by atoms with Crippen LogP contribution in [0.5, 0.6) is 0 Å². The van der Waals surface area contributed by atoms with Gasteiger partial charge in [-0.3, -0.25) is 9.78 Å². The van der Waals surface area contributed by atoms with Crippen LogP contribution >= 0.6 is 34.2 Å². The highest BCUT2D eigenvalue weighted by Gasteiger charge is 2.33. The SMILES string of the molecule is O=C(Nc1ccc(I)c2cccnc12)C(Cc1ccccc1)CC(Cl)CC(F)(F)F. The van der Waals surface area contributed by atoms with Gasteiger partial charge in [0.2, 0.25) is 5.91 Å². The Kier molecular flexibility index (Phi) is 7.57. The van der Waals surface area contributed by atoms with Gasteiger partial charge in [0.15, 0.2) is 0 Å². The highest BCUT2D eigenvalue weighted by atomic mass is 127. The molecule has 0 spiro atoms. The number of hydrogen-bond acceptors (Lipinski definition) is 2. The molecule has 0 aliphatic rings. The topological polar surface area (TPSA) is 42.0 Å². The minimum Gasteiger partial charge on any atom is -0.324 e. The van der Waals surface area contributed by atoms with Crippen LogP contribution in [0.4, 0.5) is 18.9 Å². The van der Waals surface area contributed by atoms with E-state index in [0.717, 1.165) is 14.5 Å². The van der Waals surface area contributed by atoms with Crippen LogP contribution in [0.25, 0.3) is 10.9 Å². The van der Waals surface area contributed by atoms with Crippen molar-refractivity contribution in [3.63, 3.8) is 0 Å². The molecule has 1 amide bonds. The van der Waals surface area contributed by atoms with Crippen LogP contribution in [0.15, 0.2) is 60.8 Å². The van der Waals surface area contributed by atoms with Gasteiger partial charge in [0.25, 0.3) is 0 Å². The van der Waals surface area contributed by atoms with E-state index >= 15 is 0 Å². The summed E-state index contributed by atoms with van der Waals surface area (Å²) < 4.78 is 39.2. The average molecular weight is 547 g/mol. The Bertz CT molecular complexity index is 1010. The third-order valence-electron chi connectivity index (χ3n) is 4.66. The highest BCUT2D eigenvalue weighted by molar-refractivity contribution is 14.1. The van der Waals surface area contributed by atoms with Crippen LogP contribution in [0.3, 0.4) is 0 Å². The number of nitrogens with zero attached hydrogens (tertiary/aromatic N) is 1. The van der Waals surface area contributed by atoms with Gasteiger partial charge in [0.1, 0.15) is 0 Å². The molecule has 3 aromatic rings. The van der Waals surface area contributed by atoms with Gasteiger partial charge in [-0.15, -0.1) is 11.6 Å². The third kappa shape index (κ3) is 6.31. The summed E-state index contributed by atoms with van der Waals surface area (Å²) in [7, 11) is 0. The first-order valence-electron chi connectivity index (χ1n) is 9.32. The zero-order valence-corrected chi connectivity index (χ0v) is 18.7. The van der Waals surface area contributed by atoms with E-state index in [2.05, 4.69) is 32.9 Å². The first-order chi connectivity index (χ1) is 14.2. The summed E-state index contributed by atoms with van der Waals surface area (Å²) in [6.07, 6.45) is -3.67. The molecule has 2 aromatic carbocycles. The van der Waals surface area contributed by atoms with Crippen molar-refractivity contribution in [2.24, 2.45) is 5.92 Å². The molecule has 1 N–H and O–H groups in total. The maximum atomic E-state index is 13.1. The van der Waals surface area contributed by atoms with E-state index in [9.17, 15) is 18.0 Å². The van der Waals surface area contributed by atoms with Crippen molar-refractivity contribution in [1.29, 1.82) is 0 Å². The van der Waals surface area contributed by atoms with Gasteiger partial charge in [0, 0.05) is 26.4 Å². The molecule has 0 aliphatic heterocycles. The lowest BCUT2D eigenvalue weighted by Gasteiger charge is -2.21. The van der Waals surface area contributed by atoms with Crippen molar-refractivity contribution >= 4 is 56.7 Å². The zero-order chi connectivity index (χ0) is 21.7. The van der Waals surface area contributed by atoms with Crippen molar-refractivity contribution in [1.82, 2.24) is 4.98 Å². The predicted molar refractivity (Wildman–Crippen MR) is 122 cm³/mol. The first-order valence-corrected chi connectivity index (χ1v) is 10.8. The molecule has 3 rings (SSSR count). The predicted octanol–water partition coefficient (Wildman–Crippen LogP) is 6.59. The Labute approximate surface area is 191 Å². The summed E-state index contributed by atoms with van der Waals surface area (Å²) in [6, 6.07) is 16.5. The van der Waals surface area contributed by atoms with Gasteiger partial charge < -0.3 is 5.32 Å². The number of benzene rings is 2. The Hall–Kier alpha value is -1.87. The fourth-order valence-corrected chi connectivity index (χ4v) is 4.30. The standard InChI is InChI=1S/C22H19ClF3IN2O/c23-16(13-22(24,25)26)12-15(11-14-5-2-1-3-6-14)21(30)29-19-9-8-18(27)17-7-4-10-28-20(17)19/h1-10,15-16H,11-13H2,(H,29,30). The third-order valence-corrected chi connectivity index (χ3v) is 5.94. The smallest absolute Gasteiger partial charge is 0.324 e. The van der Waals surface area contributed by atoms with E-state index in [4.69, 9.17) is 11.6 Å². The number of fused-ring (bicyclic) bond motifs is 1. The largest absolute Gasteiger partial charge is 0.390 e. The molecule has 0 radical (unpaired) electrons. The second-order valence-electron chi connectivity index (χ2n) is 7.02. The van der Waals surface area contributed by atoms with Crippen LogP contribution in [0.1, 0.15) is 18.4 Å². The second-order valence-corrected chi connectivity index (χ2v) is 8.80. The number of halogens is 5. The average Bonchev–Trinajstić information content (AvgIpc) is 2.69. The van der Waals surface area contributed by atoms with Gasteiger partial charge >= 0.3 is 6.18 Å². The number of amides is 1. The van der Waals surface area contributed by atoms with Crippen molar-refractivity contribution in [2.45, 2.75) is 30.8 Å². The van der Waals surface area contributed by atoms with Gasteiger partial charge in [-0.1, -0.05) is 36.4 Å². The van der Waals surface area contributed by atoms with Gasteiger partial charge in [-0.25, -0.2) is 0 Å². The van der Waals surface area contributed by atoms with Crippen molar-refractivity contribution in [3.05, 3.63) is 69.9 Å². The summed E-state index contributed by atoms with van der Waals surface area (Å²) in [4.78, 5) is 17.4.